The van der Waals surface area contributed by atoms with Gasteiger partial charge in [-0.2, -0.15) is 0 Å². The monoisotopic (exact) mass is 269 g/mol. The van der Waals surface area contributed by atoms with E-state index in [-0.39, 0.29) is 25.3 Å². The third-order valence-electron chi connectivity index (χ3n) is 2.93. The normalized spacial score (nSPS) is 15.8. The highest BCUT2D eigenvalue weighted by Gasteiger charge is 2.17. The predicted octanol–water partition coefficient (Wildman–Crippen LogP) is 2.74. The maximum Gasteiger partial charge on any atom is 0.332 e. The van der Waals surface area contributed by atoms with Gasteiger partial charge in [0.25, 0.3) is 0 Å². The summed E-state index contributed by atoms with van der Waals surface area (Å²) in [5.74, 6) is -0.336. The minimum absolute atomic E-state index is 0.0334. The first-order chi connectivity index (χ1) is 8.74. The molecule has 0 saturated heterocycles. The van der Waals surface area contributed by atoms with Crippen molar-refractivity contribution in [3.05, 3.63) is 29.0 Å². The van der Waals surface area contributed by atoms with E-state index in [9.17, 15) is 4.79 Å². The van der Waals surface area contributed by atoms with Crippen molar-refractivity contribution in [2.45, 2.75) is 38.4 Å². The van der Waals surface area contributed by atoms with Gasteiger partial charge < -0.3 is 9.47 Å². The molecule has 0 aromatic carbocycles. The van der Waals surface area contributed by atoms with Crippen molar-refractivity contribution in [3.63, 3.8) is 0 Å². The van der Waals surface area contributed by atoms with Crippen LogP contribution >= 0.6 is 11.6 Å². The highest BCUT2D eigenvalue weighted by atomic mass is 35.5. The van der Waals surface area contributed by atoms with Crippen LogP contribution < -0.4 is 0 Å². The van der Waals surface area contributed by atoms with Gasteiger partial charge in [-0.25, -0.2) is 9.78 Å². The molecule has 1 aromatic rings. The third-order valence-corrected chi connectivity index (χ3v) is 3.15. The quantitative estimate of drug-likeness (QED) is 0.609. The summed E-state index contributed by atoms with van der Waals surface area (Å²) in [6.07, 6.45) is 6.30. The summed E-state index contributed by atoms with van der Waals surface area (Å²) >= 11 is 5.66. The zero-order valence-electron chi connectivity index (χ0n) is 10.1. The van der Waals surface area contributed by atoms with Gasteiger partial charge in [0.1, 0.15) is 18.4 Å². The van der Waals surface area contributed by atoms with Gasteiger partial charge in [-0.15, -0.1) is 0 Å². The molecular formula is C13H16ClNO3. The van der Waals surface area contributed by atoms with Crippen molar-refractivity contribution in [3.8, 4) is 0 Å². The number of aromatic nitrogens is 1. The minimum Gasteiger partial charge on any atom is -0.459 e. The summed E-state index contributed by atoms with van der Waals surface area (Å²) in [6, 6.07) is 3.44. The smallest absolute Gasteiger partial charge is 0.332 e. The van der Waals surface area contributed by atoms with Gasteiger partial charge >= 0.3 is 5.97 Å². The van der Waals surface area contributed by atoms with Gasteiger partial charge in [-0.05, 0) is 18.9 Å². The molecule has 18 heavy (non-hydrogen) atoms. The molecule has 0 aliphatic heterocycles. The fourth-order valence-corrected chi connectivity index (χ4v) is 2.05. The second kappa shape index (κ2) is 6.71. The maximum atomic E-state index is 11.4. The Morgan fingerprint density at radius 2 is 2.17 bits per heavy atom. The zero-order valence-corrected chi connectivity index (χ0v) is 10.9. The van der Waals surface area contributed by atoms with Crippen molar-refractivity contribution in [2.75, 3.05) is 6.61 Å². The molecule has 0 spiro atoms. The van der Waals surface area contributed by atoms with Crippen LogP contribution in [0, 0.1) is 0 Å². The summed E-state index contributed by atoms with van der Waals surface area (Å²) in [5, 5.41) is 0.426. The number of ether oxygens (including phenoxy) is 2. The van der Waals surface area contributed by atoms with E-state index in [0.717, 1.165) is 18.4 Å². The van der Waals surface area contributed by atoms with Crippen LogP contribution in [-0.4, -0.2) is 23.7 Å². The number of rotatable bonds is 5. The van der Waals surface area contributed by atoms with E-state index in [1.54, 1.807) is 18.3 Å². The number of halogens is 1. The summed E-state index contributed by atoms with van der Waals surface area (Å²) in [4.78, 5) is 15.4. The lowest BCUT2D eigenvalue weighted by molar-refractivity contribution is -0.152. The molecule has 0 amide bonds. The molecule has 98 valence electrons. The molecule has 0 bridgehead atoms. The van der Waals surface area contributed by atoms with Crippen LogP contribution in [0.3, 0.4) is 0 Å². The van der Waals surface area contributed by atoms with Crippen LogP contribution in [0.15, 0.2) is 18.3 Å². The van der Waals surface area contributed by atoms with Crippen molar-refractivity contribution in [2.24, 2.45) is 0 Å². The molecule has 4 nitrogen and oxygen atoms in total. The summed E-state index contributed by atoms with van der Waals surface area (Å²) < 4.78 is 10.5. The van der Waals surface area contributed by atoms with E-state index in [4.69, 9.17) is 21.1 Å². The Hall–Kier alpha value is -1.13. The number of carbonyl (C=O) groups excluding carboxylic acids is 1. The minimum atomic E-state index is -0.336. The Labute approximate surface area is 111 Å². The fourth-order valence-electron chi connectivity index (χ4n) is 1.94. The summed E-state index contributed by atoms with van der Waals surface area (Å²) in [5.41, 5.74) is 0.814. The van der Waals surface area contributed by atoms with Gasteiger partial charge in [0.2, 0.25) is 0 Å². The topological polar surface area (TPSA) is 48.4 Å². The molecule has 2 rings (SSSR count). The summed E-state index contributed by atoms with van der Waals surface area (Å²) in [7, 11) is 0. The highest BCUT2D eigenvalue weighted by Crippen LogP contribution is 2.20. The molecule has 1 aromatic heterocycles. The molecule has 1 aliphatic rings. The molecule has 0 unspecified atom stereocenters. The molecule has 0 N–H and O–H groups in total. The average Bonchev–Trinajstić information content (AvgIpc) is 2.89. The predicted molar refractivity (Wildman–Crippen MR) is 67.3 cm³/mol. The second-order valence-corrected chi connectivity index (χ2v) is 4.75. The SMILES string of the molecule is O=C(COC1CCCC1)OCc1ccc(Cl)nc1. The number of carbonyl (C=O) groups is 1. The lowest BCUT2D eigenvalue weighted by Crippen LogP contribution is -2.17. The molecule has 5 heteroatoms. The molecule has 0 radical (unpaired) electrons. The molecule has 1 fully saturated rings. The lowest BCUT2D eigenvalue weighted by Gasteiger charge is -2.10. The van der Waals surface area contributed by atoms with Crippen LogP contribution in [0.2, 0.25) is 5.15 Å². The Bertz CT molecular complexity index is 388. The number of pyridine rings is 1. The number of nitrogens with zero attached hydrogens (tertiary/aromatic N) is 1. The van der Waals surface area contributed by atoms with Crippen LogP contribution in [0.4, 0.5) is 0 Å². The first-order valence-corrected chi connectivity index (χ1v) is 6.49. The van der Waals surface area contributed by atoms with E-state index >= 15 is 0 Å². The molecule has 1 aliphatic carbocycles. The lowest BCUT2D eigenvalue weighted by atomic mass is 10.3. The van der Waals surface area contributed by atoms with Crippen molar-refractivity contribution in [1.82, 2.24) is 4.98 Å². The zero-order chi connectivity index (χ0) is 12.8. The van der Waals surface area contributed by atoms with Crippen molar-refractivity contribution in [1.29, 1.82) is 0 Å². The molecule has 0 atom stereocenters. The van der Waals surface area contributed by atoms with Crippen LogP contribution in [0.25, 0.3) is 0 Å². The second-order valence-electron chi connectivity index (χ2n) is 4.37. The largest absolute Gasteiger partial charge is 0.459 e. The van der Waals surface area contributed by atoms with E-state index in [0.29, 0.717) is 5.15 Å². The molecule has 1 heterocycles. The molecular weight excluding hydrogens is 254 g/mol. The highest BCUT2D eigenvalue weighted by molar-refractivity contribution is 6.29. The summed E-state index contributed by atoms with van der Waals surface area (Å²) in [6.45, 7) is 0.239. The number of hydrogen-bond donors (Lipinski definition) is 0. The first kappa shape index (κ1) is 13.3. The maximum absolute atomic E-state index is 11.4. The fraction of sp³-hybridized carbons (Fsp3) is 0.538. The van der Waals surface area contributed by atoms with Crippen molar-refractivity contribution >= 4 is 17.6 Å². The average molecular weight is 270 g/mol. The van der Waals surface area contributed by atoms with Crippen LogP contribution in [0.1, 0.15) is 31.2 Å². The Morgan fingerprint density at radius 3 is 2.83 bits per heavy atom. The van der Waals surface area contributed by atoms with Gasteiger partial charge in [0.05, 0.1) is 6.10 Å². The third kappa shape index (κ3) is 4.27. The van der Waals surface area contributed by atoms with E-state index in [2.05, 4.69) is 4.98 Å². The van der Waals surface area contributed by atoms with Crippen LogP contribution in [0.5, 0.6) is 0 Å². The Morgan fingerprint density at radius 1 is 1.39 bits per heavy atom. The van der Waals surface area contributed by atoms with Crippen LogP contribution in [-0.2, 0) is 20.9 Å². The molecule has 1 saturated carbocycles. The van der Waals surface area contributed by atoms with Gasteiger partial charge in [-0.1, -0.05) is 30.5 Å². The van der Waals surface area contributed by atoms with E-state index in [1.807, 2.05) is 0 Å². The number of hydrogen-bond acceptors (Lipinski definition) is 4. The Balaban J connectivity index is 1.66. The van der Waals surface area contributed by atoms with E-state index in [1.165, 1.54) is 12.8 Å². The van der Waals surface area contributed by atoms with E-state index < -0.39 is 0 Å². The van der Waals surface area contributed by atoms with Gasteiger partial charge in [0.15, 0.2) is 0 Å². The van der Waals surface area contributed by atoms with Crippen molar-refractivity contribution < 1.29 is 14.3 Å². The standard InChI is InChI=1S/C13H16ClNO3/c14-12-6-5-10(7-15-12)8-18-13(16)9-17-11-3-1-2-4-11/h5-7,11H,1-4,8-9H2. The van der Waals surface area contributed by atoms with Gasteiger partial charge in [0, 0.05) is 11.8 Å². The van der Waals surface area contributed by atoms with Gasteiger partial charge in [-0.3, -0.25) is 0 Å². The first-order valence-electron chi connectivity index (χ1n) is 6.12. The number of esters is 1. The Kier molecular flexibility index (Phi) is 4.96.